The van der Waals surface area contributed by atoms with Crippen molar-refractivity contribution in [1.82, 2.24) is 4.90 Å². The standard InChI is InChI=1S/C15H21ClN2O3/c1-10-7-12(16)5-6-13(10)17-14(19)9-18(3)8-11(2)15(20)21-4/h5-7,11H,8-9H2,1-4H3,(H,17,19). The molecule has 1 rings (SSSR count). The van der Waals surface area contributed by atoms with Gasteiger partial charge in [0.15, 0.2) is 0 Å². The molecule has 0 fully saturated rings. The van der Waals surface area contributed by atoms with E-state index in [1.54, 1.807) is 37.1 Å². The molecule has 0 heterocycles. The summed E-state index contributed by atoms with van der Waals surface area (Å²) in [6, 6.07) is 5.29. The number of carbonyl (C=O) groups excluding carboxylic acids is 2. The first-order valence-corrected chi connectivity index (χ1v) is 7.03. The maximum absolute atomic E-state index is 12.0. The molecule has 0 aromatic heterocycles. The van der Waals surface area contributed by atoms with Crippen LogP contribution in [0.3, 0.4) is 0 Å². The highest BCUT2D eigenvalue weighted by molar-refractivity contribution is 6.30. The molecule has 1 aromatic carbocycles. The normalized spacial score (nSPS) is 12.1. The minimum Gasteiger partial charge on any atom is -0.469 e. The molecule has 0 aliphatic rings. The van der Waals surface area contributed by atoms with Gasteiger partial charge in [0.2, 0.25) is 5.91 Å². The predicted molar refractivity (Wildman–Crippen MR) is 83.5 cm³/mol. The van der Waals surface area contributed by atoms with Crippen LogP contribution in [0.2, 0.25) is 5.02 Å². The van der Waals surface area contributed by atoms with Crippen molar-refractivity contribution in [1.29, 1.82) is 0 Å². The molecule has 0 saturated heterocycles. The predicted octanol–water partition coefficient (Wildman–Crippen LogP) is 2.33. The van der Waals surface area contributed by atoms with Gasteiger partial charge in [-0.15, -0.1) is 0 Å². The number of likely N-dealkylation sites (N-methyl/N-ethyl adjacent to an activating group) is 1. The molecule has 0 aliphatic heterocycles. The Bertz CT molecular complexity index is 520. The third-order valence-corrected chi connectivity index (χ3v) is 3.30. The second-order valence-electron chi connectivity index (χ2n) is 5.13. The SMILES string of the molecule is COC(=O)C(C)CN(C)CC(=O)Nc1ccc(Cl)cc1C. The number of methoxy groups -OCH3 is 1. The number of amides is 1. The first kappa shape index (κ1) is 17.5. The smallest absolute Gasteiger partial charge is 0.309 e. The molecule has 1 atom stereocenters. The highest BCUT2D eigenvalue weighted by Gasteiger charge is 2.17. The van der Waals surface area contributed by atoms with Crippen molar-refractivity contribution in [3.63, 3.8) is 0 Å². The van der Waals surface area contributed by atoms with Gasteiger partial charge in [-0.05, 0) is 37.7 Å². The number of nitrogens with zero attached hydrogens (tertiary/aromatic N) is 1. The van der Waals surface area contributed by atoms with Gasteiger partial charge in [-0.2, -0.15) is 0 Å². The molecule has 0 aliphatic carbocycles. The topological polar surface area (TPSA) is 58.6 Å². The molecule has 1 N–H and O–H groups in total. The van der Waals surface area contributed by atoms with E-state index in [1.807, 2.05) is 6.92 Å². The minimum atomic E-state index is -0.282. The summed E-state index contributed by atoms with van der Waals surface area (Å²) in [4.78, 5) is 25.1. The van der Waals surface area contributed by atoms with Gasteiger partial charge in [0, 0.05) is 17.3 Å². The van der Waals surface area contributed by atoms with E-state index in [1.165, 1.54) is 7.11 Å². The van der Waals surface area contributed by atoms with Crippen LogP contribution in [0, 0.1) is 12.8 Å². The summed E-state index contributed by atoms with van der Waals surface area (Å²) in [5, 5.41) is 3.46. The van der Waals surface area contributed by atoms with Crippen LogP contribution in [-0.2, 0) is 14.3 Å². The van der Waals surface area contributed by atoms with Crippen LogP contribution in [0.5, 0.6) is 0 Å². The van der Waals surface area contributed by atoms with Crippen LogP contribution in [0.15, 0.2) is 18.2 Å². The number of hydrogen-bond donors (Lipinski definition) is 1. The van der Waals surface area contributed by atoms with E-state index in [0.717, 1.165) is 11.3 Å². The molecular weight excluding hydrogens is 292 g/mol. The summed E-state index contributed by atoms with van der Waals surface area (Å²) in [6.07, 6.45) is 0. The zero-order valence-electron chi connectivity index (χ0n) is 12.8. The molecular formula is C15H21ClN2O3. The van der Waals surface area contributed by atoms with Gasteiger partial charge >= 0.3 is 5.97 Å². The number of ether oxygens (including phenoxy) is 1. The number of hydrogen-bond acceptors (Lipinski definition) is 4. The van der Waals surface area contributed by atoms with Crippen LogP contribution in [0.4, 0.5) is 5.69 Å². The fourth-order valence-corrected chi connectivity index (χ4v) is 2.24. The number of aryl methyl sites for hydroxylation is 1. The molecule has 0 saturated carbocycles. The fourth-order valence-electron chi connectivity index (χ4n) is 2.01. The van der Waals surface area contributed by atoms with Gasteiger partial charge in [-0.25, -0.2) is 0 Å². The Labute approximate surface area is 130 Å². The minimum absolute atomic E-state index is 0.139. The van der Waals surface area contributed by atoms with E-state index in [0.29, 0.717) is 11.6 Å². The molecule has 0 radical (unpaired) electrons. The zero-order chi connectivity index (χ0) is 16.0. The van der Waals surface area contributed by atoms with E-state index >= 15 is 0 Å². The van der Waals surface area contributed by atoms with Crippen LogP contribution < -0.4 is 5.32 Å². The van der Waals surface area contributed by atoms with Gasteiger partial charge in [0.25, 0.3) is 0 Å². The Morgan fingerprint density at radius 2 is 2.10 bits per heavy atom. The molecule has 1 amide bonds. The number of rotatable bonds is 6. The van der Waals surface area contributed by atoms with Crippen LogP contribution in [-0.4, -0.2) is 44.0 Å². The lowest BCUT2D eigenvalue weighted by Gasteiger charge is -2.19. The van der Waals surface area contributed by atoms with E-state index in [9.17, 15) is 9.59 Å². The first-order valence-electron chi connectivity index (χ1n) is 6.66. The lowest BCUT2D eigenvalue weighted by molar-refractivity contribution is -0.145. The van der Waals surface area contributed by atoms with E-state index < -0.39 is 0 Å². The quantitative estimate of drug-likeness (QED) is 0.819. The molecule has 6 heteroatoms. The Balaban J connectivity index is 2.51. The number of carbonyl (C=O) groups is 2. The number of esters is 1. The van der Waals surface area contributed by atoms with E-state index in [4.69, 9.17) is 11.6 Å². The Kier molecular flexibility index (Phi) is 6.65. The van der Waals surface area contributed by atoms with Crippen LogP contribution >= 0.6 is 11.6 Å². The van der Waals surface area contributed by atoms with E-state index in [2.05, 4.69) is 10.1 Å². The second-order valence-corrected chi connectivity index (χ2v) is 5.56. The summed E-state index contributed by atoms with van der Waals surface area (Å²) in [7, 11) is 3.14. The summed E-state index contributed by atoms with van der Waals surface area (Å²) < 4.78 is 4.66. The Morgan fingerprint density at radius 3 is 2.67 bits per heavy atom. The number of anilines is 1. The van der Waals surface area contributed by atoms with Crippen molar-refractivity contribution in [3.05, 3.63) is 28.8 Å². The molecule has 0 spiro atoms. The average molecular weight is 313 g/mol. The molecule has 21 heavy (non-hydrogen) atoms. The highest BCUT2D eigenvalue weighted by Crippen LogP contribution is 2.19. The van der Waals surface area contributed by atoms with Gasteiger partial charge < -0.3 is 10.1 Å². The molecule has 116 valence electrons. The van der Waals surface area contributed by atoms with Crippen molar-refractivity contribution in [2.45, 2.75) is 13.8 Å². The summed E-state index contributed by atoms with van der Waals surface area (Å²) in [5.74, 6) is -0.694. The van der Waals surface area contributed by atoms with Crippen molar-refractivity contribution in [2.24, 2.45) is 5.92 Å². The number of nitrogens with one attached hydrogen (secondary N) is 1. The zero-order valence-corrected chi connectivity index (χ0v) is 13.5. The number of halogens is 1. The fraction of sp³-hybridized carbons (Fsp3) is 0.467. The maximum atomic E-state index is 12.0. The average Bonchev–Trinajstić information content (AvgIpc) is 2.40. The van der Waals surface area contributed by atoms with Crippen LogP contribution in [0.25, 0.3) is 0 Å². The van der Waals surface area contributed by atoms with Crippen LogP contribution in [0.1, 0.15) is 12.5 Å². The third kappa shape index (κ3) is 5.73. The van der Waals surface area contributed by atoms with Gasteiger partial charge in [0.1, 0.15) is 0 Å². The Morgan fingerprint density at radius 1 is 1.43 bits per heavy atom. The lowest BCUT2D eigenvalue weighted by atomic mass is 10.1. The Hall–Kier alpha value is -1.59. The monoisotopic (exact) mass is 312 g/mol. The third-order valence-electron chi connectivity index (χ3n) is 3.07. The first-order chi connectivity index (χ1) is 9.83. The highest BCUT2D eigenvalue weighted by atomic mass is 35.5. The molecule has 1 aromatic rings. The molecule has 0 bridgehead atoms. The summed E-state index contributed by atoms with van der Waals surface area (Å²) in [6.45, 7) is 4.30. The lowest BCUT2D eigenvalue weighted by Crippen LogP contribution is -2.35. The van der Waals surface area contributed by atoms with Crippen molar-refractivity contribution < 1.29 is 14.3 Å². The number of benzene rings is 1. The van der Waals surface area contributed by atoms with Crippen molar-refractivity contribution >= 4 is 29.2 Å². The summed E-state index contributed by atoms with van der Waals surface area (Å²) in [5.41, 5.74) is 1.64. The molecule has 5 nitrogen and oxygen atoms in total. The maximum Gasteiger partial charge on any atom is 0.309 e. The van der Waals surface area contributed by atoms with Crippen molar-refractivity contribution in [2.75, 3.05) is 32.6 Å². The largest absolute Gasteiger partial charge is 0.469 e. The van der Waals surface area contributed by atoms with Gasteiger partial charge in [-0.1, -0.05) is 18.5 Å². The second kappa shape index (κ2) is 8.00. The van der Waals surface area contributed by atoms with E-state index in [-0.39, 0.29) is 24.3 Å². The summed E-state index contributed by atoms with van der Waals surface area (Å²) >= 11 is 5.87. The molecule has 1 unspecified atom stereocenters. The van der Waals surface area contributed by atoms with Gasteiger partial charge in [-0.3, -0.25) is 14.5 Å². The van der Waals surface area contributed by atoms with Crippen molar-refractivity contribution in [3.8, 4) is 0 Å². The van der Waals surface area contributed by atoms with Gasteiger partial charge in [0.05, 0.1) is 19.6 Å².